The van der Waals surface area contributed by atoms with Gasteiger partial charge in [0.15, 0.2) is 0 Å². The number of aromatic nitrogens is 1. The third kappa shape index (κ3) is 3.04. The maximum absolute atomic E-state index is 10.6. The van der Waals surface area contributed by atoms with Crippen molar-refractivity contribution in [2.24, 2.45) is 0 Å². The average Bonchev–Trinajstić information content (AvgIpc) is 2.88. The summed E-state index contributed by atoms with van der Waals surface area (Å²) in [4.78, 5) is 1.19. The number of hydrogen-bond acceptors (Lipinski definition) is 3. The predicted molar refractivity (Wildman–Crippen MR) is 79.3 cm³/mol. The summed E-state index contributed by atoms with van der Waals surface area (Å²) in [6.45, 7) is 0. The SMILES string of the molecule is OC1(Cc2cc(-c3ccccc3)sn2)CCCCC1. The Hall–Kier alpha value is -1.19. The third-order valence-corrected chi connectivity index (χ3v) is 4.79. The van der Waals surface area contributed by atoms with Crippen molar-refractivity contribution in [3.05, 3.63) is 42.1 Å². The van der Waals surface area contributed by atoms with E-state index in [1.165, 1.54) is 28.4 Å². The van der Waals surface area contributed by atoms with Crippen molar-refractivity contribution >= 4 is 11.5 Å². The zero-order chi connectivity index (χ0) is 13.1. The Morgan fingerprint density at radius 1 is 1.11 bits per heavy atom. The minimum absolute atomic E-state index is 0.514. The topological polar surface area (TPSA) is 33.1 Å². The molecule has 0 bridgehead atoms. The molecule has 1 N–H and O–H groups in total. The van der Waals surface area contributed by atoms with Crippen molar-refractivity contribution in [2.45, 2.75) is 44.1 Å². The standard InChI is InChI=1S/C16H19NOS/c18-16(9-5-2-6-10-16)12-14-11-15(19-17-14)13-7-3-1-4-8-13/h1,3-4,7-8,11,18H,2,5-6,9-10,12H2. The summed E-state index contributed by atoms with van der Waals surface area (Å²) in [7, 11) is 0. The summed E-state index contributed by atoms with van der Waals surface area (Å²) in [5.74, 6) is 0. The van der Waals surface area contributed by atoms with E-state index < -0.39 is 5.60 Å². The molecule has 3 rings (SSSR count). The minimum atomic E-state index is -0.514. The molecule has 1 fully saturated rings. The Balaban J connectivity index is 1.75. The molecule has 0 spiro atoms. The Morgan fingerprint density at radius 2 is 1.84 bits per heavy atom. The summed E-state index contributed by atoms with van der Waals surface area (Å²) in [5, 5.41) is 10.6. The predicted octanol–water partition coefficient (Wildman–Crippen LogP) is 4.05. The van der Waals surface area contributed by atoms with Gasteiger partial charge in [0.1, 0.15) is 0 Å². The normalized spacial score (nSPS) is 18.4. The Labute approximate surface area is 118 Å². The summed E-state index contributed by atoms with van der Waals surface area (Å²) < 4.78 is 4.51. The van der Waals surface area contributed by atoms with E-state index >= 15 is 0 Å². The maximum Gasteiger partial charge on any atom is 0.0703 e. The van der Waals surface area contributed by atoms with E-state index in [2.05, 4.69) is 22.6 Å². The quantitative estimate of drug-likeness (QED) is 0.915. The Morgan fingerprint density at radius 3 is 2.58 bits per heavy atom. The average molecular weight is 273 g/mol. The minimum Gasteiger partial charge on any atom is -0.389 e. The molecular formula is C16H19NOS. The highest BCUT2D eigenvalue weighted by Gasteiger charge is 2.30. The summed E-state index contributed by atoms with van der Waals surface area (Å²) in [6, 6.07) is 12.5. The van der Waals surface area contributed by atoms with Crippen LogP contribution in [-0.4, -0.2) is 15.1 Å². The molecule has 1 aliphatic rings. The second kappa shape index (κ2) is 5.43. The van der Waals surface area contributed by atoms with Gasteiger partial charge < -0.3 is 5.11 Å². The molecule has 1 saturated carbocycles. The van der Waals surface area contributed by atoms with Crippen LogP contribution < -0.4 is 0 Å². The van der Waals surface area contributed by atoms with Gasteiger partial charge in [-0.15, -0.1) is 0 Å². The Bertz CT molecular complexity index is 529. The molecule has 19 heavy (non-hydrogen) atoms. The first-order valence-electron chi connectivity index (χ1n) is 6.99. The van der Waals surface area contributed by atoms with Gasteiger partial charge in [0, 0.05) is 6.42 Å². The molecule has 2 nitrogen and oxygen atoms in total. The van der Waals surface area contributed by atoms with E-state index in [1.807, 2.05) is 18.2 Å². The highest BCUT2D eigenvalue weighted by molar-refractivity contribution is 7.09. The van der Waals surface area contributed by atoms with Crippen LogP contribution in [0.15, 0.2) is 36.4 Å². The molecule has 0 radical (unpaired) electrons. The molecule has 3 heteroatoms. The first-order valence-corrected chi connectivity index (χ1v) is 7.76. The summed E-state index contributed by atoms with van der Waals surface area (Å²) in [5.41, 5.74) is 1.73. The highest BCUT2D eigenvalue weighted by Crippen LogP contribution is 2.32. The molecule has 1 heterocycles. The van der Waals surface area contributed by atoms with Crippen LogP contribution in [0.5, 0.6) is 0 Å². The number of benzene rings is 1. The number of aliphatic hydroxyl groups is 1. The van der Waals surface area contributed by atoms with Gasteiger partial charge >= 0.3 is 0 Å². The molecule has 0 unspecified atom stereocenters. The monoisotopic (exact) mass is 273 g/mol. The molecular weight excluding hydrogens is 254 g/mol. The zero-order valence-electron chi connectivity index (χ0n) is 11.0. The van der Waals surface area contributed by atoms with E-state index in [0.717, 1.165) is 31.4 Å². The van der Waals surface area contributed by atoms with Crippen LogP contribution in [-0.2, 0) is 6.42 Å². The van der Waals surface area contributed by atoms with Gasteiger partial charge in [0.2, 0.25) is 0 Å². The molecule has 0 atom stereocenters. The zero-order valence-corrected chi connectivity index (χ0v) is 11.8. The fraction of sp³-hybridized carbons (Fsp3) is 0.438. The lowest BCUT2D eigenvalue weighted by Gasteiger charge is -2.31. The second-order valence-corrected chi connectivity index (χ2v) is 6.32. The lowest BCUT2D eigenvalue weighted by Crippen LogP contribution is -2.33. The summed E-state index contributed by atoms with van der Waals surface area (Å²) >= 11 is 1.53. The van der Waals surface area contributed by atoms with Crippen molar-refractivity contribution in [3.63, 3.8) is 0 Å². The van der Waals surface area contributed by atoms with Crippen LogP contribution in [0.2, 0.25) is 0 Å². The molecule has 1 aromatic heterocycles. The highest BCUT2D eigenvalue weighted by atomic mass is 32.1. The van der Waals surface area contributed by atoms with Crippen molar-refractivity contribution in [3.8, 4) is 10.4 Å². The third-order valence-electron chi connectivity index (χ3n) is 3.91. The van der Waals surface area contributed by atoms with Gasteiger partial charge in [-0.3, -0.25) is 0 Å². The molecule has 0 amide bonds. The van der Waals surface area contributed by atoms with E-state index in [-0.39, 0.29) is 0 Å². The van der Waals surface area contributed by atoms with Crippen LogP contribution in [0.25, 0.3) is 10.4 Å². The van der Waals surface area contributed by atoms with E-state index in [1.54, 1.807) is 0 Å². The fourth-order valence-electron chi connectivity index (χ4n) is 2.86. The van der Waals surface area contributed by atoms with Gasteiger partial charge in [0.05, 0.1) is 16.2 Å². The largest absolute Gasteiger partial charge is 0.389 e. The van der Waals surface area contributed by atoms with Crippen LogP contribution in [0, 0.1) is 0 Å². The first-order chi connectivity index (χ1) is 9.25. The van der Waals surface area contributed by atoms with Gasteiger partial charge in [-0.05, 0) is 36.0 Å². The van der Waals surface area contributed by atoms with Gasteiger partial charge in [0.25, 0.3) is 0 Å². The van der Waals surface area contributed by atoms with Crippen molar-refractivity contribution in [1.82, 2.24) is 4.37 Å². The van der Waals surface area contributed by atoms with Gasteiger partial charge in [-0.2, -0.15) is 4.37 Å². The smallest absolute Gasteiger partial charge is 0.0703 e. The lowest BCUT2D eigenvalue weighted by atomic mass is 9.82. The van der Waals surface area contributed by atoms with Crippen LogP contribution in [0.1, 0.15) is 37.8 Å². The van der Waals surface area contributed by atoms with E-state index in [9.17, 15) is 5.11 Å². The molecule has 1 aliphatic carbocycles. The molecule has 2 aromatic rings. The number of hydrogen-bond donors (Lipinski definition) is 1. The molecule has 0 aliphatic heterocycles. The molecule has 0 saturated heterocycles. The number of rotatable bonds is 3. The molecule has 100 valence electrons. The van der Waals surface area contributed by atoms with Gasteiger partial charge in [-0.1, -0.05) is 49.6 Å². The van der Waals surface area contributed by atoms with Gasteiger partial charge in [-0.25, -0.2) is 0 Å². The van der Waals surface area contributed by atoms with Crippen LogP contribution in [0.3, 0.4) is 0 Å². The van der Waals surface area contributed by atoms with E-state index in [0.29, 0.717) is 6.42 Å². The van der Waals surface area contributed by atoms with Crippen LogP contribution >= 0.6 is 11.5 Å². The van der Waals surface area contributed by atoms with Crippen molar-refractivity contribution < 1.29 is 5.11 Å². The fourth-order valence-corrected chi connectivity index (χ4v) is 3.62. The second-order valence-electron chi connectivity index (χ2n) is 5.51. The Kier molecular flexibility index (Phi) is 3.67. The number of nitrogens with zero attached hydrogens (tertiary/aromatic N) is 1. The van der Waals surface area contributed by atoms with E-state index in [4.69, 9.17) is 0 Å². The molecule has 1 aromatic carbocycles. The van der Waals surface area contributed by atoms with Crippen molar-refractivity contribution in [2.75, 3.05) is 0 Å². The maximum atomic E-state index is 10.6. The lowest BCUT2D eigenvalue weighted by molar-refractivity contribution is 0.00386. The first kappa shape index (κ1) is 12.8. The van der Waals surface area contributed by atoms with Crippen molar-refractivity contribution in [1.29, 1.82) is 0 Å². The summed E-state index contributed by atoms with van der Waals surface area (Å²) in [6.07, 6.45) is 6.10. The van der Waals surface area contributed by atoms with Crippen LogP contribution in [0.4, 0.5) is 0 Å².